The molecule has 0 atom stereocenters. The average molecular weight is 427 g/mol. The number of rotatable bonds is 8. The van der Waals surface area contributed by atoms with E-state index in [1.807, 2.05) is 12.2 Å². The van der Waals surface area contributed by atoms with Gasteiger partial charge in [-0.05, 0) is 30.7 Å². The number of hydrogen-bond donors (Lipinski definition) is 2. The zero-order valence-electron chi connectivity index (χ0n) is 15.7. The van der Waals surface area contributed by atoms with Crippen molar-refractivity contribution in [2.24, 2.45) is 0 Å². The Labute approximate surface area is 168 Å². The van der Waals surface area contributed by atoms with E-state index in [2.05, 4.69) is 0 Å². The Morgan fingerprint density at radius 3 is 2.00 bits per heavy atom. The quantitative estimate of drug-likeness (QED) is 0.212. The number of esters is 1. The summed E-state index contributed by atoms with van der Waals surface area (Å²) in [6, 6.07) is 4.99. The molecule has 2 rings (SSSR count). The third-order valence-electron chi connectivity index (χ3n) is 4.07. The van der Waals surface area contributed by atoms with Crippen LogP contribution in [0.1, 0.15) is 57.3 Å². The Kier molecular flexibility index (Phi) is 7.51. The number of hydrogen-bond acceptors (Lipinski definition) is 4. The number of aromatic carboxylic acids is 1. The van der Waals surface area contributed by atoms with Crippen LogP contribution in [0.4, 0.5) is 23.2 Å². The molecule has 0 spiro atoms. The lowest BCUT2D eigenvalue weighted by Gasteiger charge is -2.11. The first-order valence-electron chi connectivity index (χ1n) is 8.86. The minimum atomic E-state index is -2.34. The number of carboxylic acid groups (broad SMARTS) is 1. The normalized spacial score (nSPS) is 10.6. The molecule has 2 aromatic carbocycles. The van der Waals surface area contributed by atoms with E-state index in [-0.39, 0.29) is 17.9 Å². The summed E-state index contributed by atoms with van der Waals surface area (Å²) in [7, 11) is 0. The number of amides is 1. The molecule has 0 aliphatic carbocycles. The van der Waals surface area contributed by atoms with Gasteiger partial charge in [-0.25, -0.2) is 27.2 Å². The van der Waals surface area contributed by atoms with E-state index in [1.54, 1.807) is 0 Å². The van der Waals surface area contributed by atoms with Crippen molar-refractivity contribution in [3.8, 4) is 0 Å². The van der Waals surface area contributed by atoms with Gasteiger partial charge in [-0.2, -0.15) is 0 Å². The van der Waals surface area contributed by atoms with Crippen LogP contribution in [0.2, 0.25) is 0 Å². The van der Waals surface area contributed by atoms with Crippen LogP contribution < -0.4 is 5.32 Å². The molecule has 6 nitrogen and oxygen atoms in total. The van der Waals surface area contributed by atoms with Gasteiger partial charge in [0.2, 0.25) is 0 Å². The summed E-state index contributed by atoms with van der Waals surface area (Å²) < 4.78 is 59.6. The fraction of sp³-hybridized carbons (Fsp3) is 0.250. The maximum absolute atomic E-state index is 14.0. The van der Waals surface area contributed by atoms with Gasteiger partial charge < -0.3 is 15.2 Å². The van der Waals surface area contributed by atoms with Crippen LogP contribution in [-0.4, -0.2) is 29.6 Å². The number of nitrogens with one attached hydrogen (secondary N) is 1. The molecule has 30 heavy (non-hydrogen) atoms. The molecule has 0 aromatic heterocycles. The van der Waals surface area contributed by atoms with Crippen LogP contribution in [0.5, 0.6) is 0 Å². The fourth-order valence-electron chi connectivity index (χ4n) is 2.53. The number of carbonyl (C=O) groups is 3. The van der Waals surface area contributed by atoms with Gasteiger partial charge in [0.25, 0.3) is 5.91 Å². The van der Waals surface area contributed by atoms with Gasteiger partial charge >= 0.3 is 11.9 Å². The first kappa shape index (κ1) is 22.9. The van der Waals surface area contributed by atoms with Crippen LogP contribution in [0, 0.1) is 23.3 Å². The zero-order valence-corrected chi connectivity index (χ0v) is 15.7. The lowest BCUT2D eigenvalue weighted by atomic mass is 10.0. The molecule has 0 aliphatic heterocycles. The summed E-state index contributed by atoms with van der Waals surface area (Å²) in [4.78, 5) is 35.3. The monoisotopic (exact) mass is 427 g/mol. The van der Waals surface area contributed by atoms with E-state index in [0.717, 1.165) is 12.8 Å². The van der Waals surface area contributed by atoms with E-state index in [9.17, 15) is 31.9 Å². The maximum atomic E-state index is 14.0. The van der Waals surface area contributed by atoms with Crippen LogP contribution >= 0.6 is 0 Å². The van der Waals surface area contributed by atoms with Gasteiger partial charge in [-0.15, -0.1) is 0 Å². The summed E-state index contributed by atoms with van der Waals surface area (Å²) in [5.41, 5.74) is -3.03. The number of benzene rings is 2. The molecule has 0 aliphatic rings. The van der Waals surface area contributed by atoms with Crippen molar-refractivity contribution in [3.05, 3.63) is 64.2 Å². The third-order valence-corrected chi connectivity index (χ3v) is 4.07. The van der Waals surface area contributed by atoms with Gasteiger partial charge in [0.15, 0.2) is 23.3 Å². The van der Waals surface area contributed by atoms with Crippen molar-refractivity contribution in [2.45, 2.75) is 26.2 Å². The zero-order chi connectivity index (χ0) is 22.4. The smallest absolute Gasteiger partial charge is 0.339 e. The number of ether oxygens (including phenoxy) is 1. The van der Waals surface area contributed by atoms with Crippen LogP contribution in [-0.2, 0) is 4.74 Å². The minimum Gasteiger partial charge on any atom is -0.478 e. The van der Waals surface area contributed by atoms with Crippen molar-refractivity contribution in [2.75, 3.05) is 11.9 Å². The molecule has 0 fully saturated rings. The van der Waals surface area contributed by atoms with Crippen molar-refractivity contribution in [3.63, 3.8) is 0 Å². The number of unbranched alkanes of at least 4 members (excludes halogenated alkanes) is 2. The number of anilines is 1. The molecule has 10 heteroatoms. The lowest BCUT2D eigenvalue weighted by molar-refractivity contribution is 0.0497. The molecule has 0 saturated carbocycles. The average Bonchev–Trinajstić information content (AvgIpc) is 2.72. The molecule has 0 bridgehead atoms. The lowest BCUT2D eigenvalue weighted by Crippen LogP contribution is -2.22. The fourth-order valence-corrected chi connectivity index (χ4v) is 2.53. The van der Waals surface area contributed by atoms with Gasteiger partial charge in [-0.1, -0.05) is 19.8 Å². The van der Waals surface area contributed by atoms with Crippen molar-refractivity contribution in [1.29, 1.82) is 0 Å². The van der Waals surface area contributed by atoms with E-state index in [1.165, 1.54) is 24.3 Å². The summed E-state index contributed by atoms with van der Waals surface area (Å²) >= 11 is 0. The molecule has 2 N–H and O–H groups in total. The van der Waals surface area contributed by atoms with Crippen molar-refractivity contribution in [1.82, 2.24) is 0 Å². The second-order valence-corrected chi connectivity index (χ2v) is 6.19. The van der Waals surface area contributed by atoms with E-state index < -0.39 is 52.2 Å². The minimum absolute atomic E-state index is 0.0385. The number of carbonyl (C=O) groups excluding carboxylic acids is 2. The Bertz CT molecular complexity index is 976. The molecule has 160 valence electrons. The predicted octanol–water partition coefficient (Wildman–Crippen LogP) is 4.54. The SMILES string of the molecule is CCCCCOC(=O)c1ccc(NC(=O)c2c(F)c(F)c(F)c(F)c2C(=O)O)cc1. The first-order chi connectivity index (χ1) is 14.2. The van der Waals surface area contributed by atoms with E-state index in [4.69, 9.17) is 9.84 Å². The van der Waals surface area contributed by atoms with Crippen LogP contribution in [0.15, 0.2) is 24.3 Å². The van der Waals surface area contributed by atoms with Crippen molar-refractivity contribution >= 4 is 23.5 Å². The highest BCUT2D eigenvalue weighted by Crippen LogP contribution is 2.25. The molecular weight excluding hydrogens is 410 g/mol. The topological polar surface area (TPSA) is 92.7 Å². The highest BCUT2D eigenvalue weighted by Gasteiger charge is 2.32. The predicted molar refractivity (Wildman–Crippen MR) is 97.4 cm³/mol. The highest BCUT2D eigenvalue weighted by atomic mass is 19.2. The summed E-state index contributed by atoms with van der Waals surface area (Å²) in [6.45, 7) is 2.24. The molecule has 0 radical (unpaired) electrons. The van der Waals surface area contributed by atoms with Gasteiger partial charge in [0.1, 0.15) is 5.56 Å². The first-order valence-corrected chi connectivity index (χ1v) is 8.86. The standard InChI is InChI=1S/C20H17F4NO5/c1-2-3-4-9-30-20(29)10-5-7-11(8-6-10)25-18(26)12-13(19(27)28)15(22)17(24)16(23)14(12)21/h5-8H,2-4,9H2,1H3,(H,25,26)(H,27,28). The second kappa shape index (κ2) is 9.86. The largest absolute Gasteiger partial charge is 0.478 e. The molecule has 0 unspecified atom stereocenters. The van der Waals surface area contributed by atoms with Crippen LogP contribution in [0.3, 0.4) is 0 Å². The molecular formula is C20H17F4NO5. The Hall–Kier alpha value is -3.43. The van der Waals surface area contributed by atoms with Gasteiger partial charge in [-0.3, -0.25) is 4.79 Å². The Morgan fingerprint density at radius 2 is 1.47 bits per heavy atom. The molecule has 0 saturated heterocycles. The van der Waals surface area contributed by atoms with Crippen molar-refractivity contribution < 1.29 is 41.8 Å². The molecule has 0 heterocycles. The third kappa shape index (κ3) is 4.94. The van der Waals surface area contributed by atoms with E-state index in [0.29, 0.717) is 6.42 Å². The van der Waals surface area contributed by atoms with E-state index >= 15 is 0 Å². The maximum Gasteiger partial charge on any atom is 0.339 e. The molecule has 2 aromatic rings. The Morgan fingerprint density at radius 1 is 0.900 bits per heavy atom. The Balaban J connectivity index is 2.21. The summed E-state index contributed by atoms with van der Waals surface area (Å²) in [5.74, 6) is -13.3. The summed E-state index contributed by atoms with van der Waals surface area (Å²) in [6.07, 6.45) is 2.56. The number of carboxylic acids is 1. The number of halogens is 4. The molecule has 1 amide bonds. The van der Waals surface area contributed by atoms with Gasteiger partial charge in [0.05, 0.1) is 17.7 Å². The second-order valence-electron chi connectivity index (χ2n) is 6.19. The van der Waals surface area contributed by atoms with Crippen LogP contribution in [0.25, 0.3) is 0 Å². The van der Waals surface area contributed by atoms with Gasteiger partial charge in [0, 0.05) is 5.69 Å². The summed E-state index contributed by atoms with van der Waals surface area (Å²) in [5, 5.41) is 11.0. The highest BCUT2D eigenvalue weighted by molar-refractivity contribution is 6.11.